The van der Waals surface area contributed by atoms with Crippen molar-refractivity contribution in [2.75, 3.05) is 7.11 Å². The van der Waals surface area contributed by atoms with Crippen LogP contribution in [0.4, 0.5) is 4.79 Å². The Hall–Kier alpha value is -4.87. The van der Waals surface area contributed by atoms with Gasteiger partial charge in [-0.05, 0) is 88.9 Å². The molecule has 8 rings (SSSR count). The molecule has 0 aromatic heterocycles. The lowest BCUT2D eigenvalue weighted by Crippen LogP contribution is -2.65. The zero-order chi connectivity index (χ0) is 55.5. The van der Waals surface area contributed by atoms with Crippen LogP contribution in [0.3, 0.4) is 0 Å². The highest BCUT2D eigenvalue weighted by molar-refractivity contribution is 6.26. The summed E-state index contributed by atoms with van der Waals surface area (Å²) >= 11 is 0. The van der Waals surface area contributed by atoms with Crippen molar-refractivity contribution in [2.45, 2.75) is 205 Å². The first-order valence-corrected chi connectivity index (χ1v) is 26.6. The van der Waals surface area contributed by atoms with Crippen LogP contribution < -0.4 is 5.32 Å². The molecule has 1 spiro atoms. The van der Waals surface area contributed by atoms with E-state index in [9.17, 15) is 44.6 Å². The molecule has 0 aromatic carbocycles. The van der Waals surface area contributed by atoms with Crippen LogP contribution in [0.15, 0.2) is 58.4 Å². The van der Waals surface area contributed by atoms with Gasteiger partial charge in [0.1, 0.15) is 29.8 Å². The number of aldehydes is 1. The second-order valence-corrected chi connectivity index (χ2v) is 23.0. The second kappa shape index (κ2) is 22.1. The van der Waals surface area contributed by atoms with Gasteiger partial charge in [-0.15, -0.1) is 0 Å². The Kier molecular flexibility index (Phi) is 16.7. The fraction of sp³-hybridized carbons (Fsp3) is 0.727. The number of esters is 2. The zero-order valence-electron chi connectivity index (χ0n) is 45.2. The molecular weight excluding hydrogens is 993 g/mol. The van der Waals surface area contributed by atoms with Crippen LogP contribution in [-0.2, 0) is 61.8 Å². The molecule has 2 bridgehead atoms. The molecule has 21 heteroatoms. The van der Waals surface area contributed by atoms with Crippen LogP contribution in [0, 0.1) is 51.0 Å². The molecule has 5 fully saturated rings. The summed E-state index contributed by atoms with van der Waals surface area (Å²) in [6.45, 7) is 17.4. The van der Waals surface area contributed by atoms with Gasteiger partial charge >= 0.3 is 18.0 Å². The number of aliphatic hydroxyl groups excluding tert-OH is 3. The molecule has 0 aromatic rings. The highest BCUT2D eigenvalue weighted by Crippen LogP contribution is 2.61. The third-order valence-electron chi connectivity index (χ3n) is 17.9. The number of fused-ring (bicyclic) bond motifs is 4. The summed E-state index contributed by atoms with van der Waals surface area (Å²) in [7, 11) is 1.15. The summed E-state index contributed by atoms with van der Waals surface area (Å²) in [5, 5.41) is 50.6. The molecule has 22 unspecified atom stereocenters. The highest BCUT2D eigenvalue weighted by Gasteiger charge is 2.65. The largest absolute Gasteiger partial charge is 0.511 e. The van der Waals surface area contributed by atoms with E-state index in [1.165, 1.54) is 19.9 Å². The van der Waals surface area contributed by atoms with Crippen LogP contribution >= 0.6 is 0 Å². The molecular formula is C55H76N2O19. The Labute approximate surface area is 442 Å². The van der Waals surface area contributed by atoms with Gasteiger partial charge < -0.3 is 63.3 Å². The van der Waals surface area contributed by atoms with Crippen LogP contribution in [0.5, 0.6) is 0 Å². The Morgan fingerprint density at radius 1 is 0.882 bits per heavy atom. The number of ketones is 1. The zero-order valence-corrected chi connectivity index (χ0v) is 45.2. The Morgan fingerprint density at radius 2 is 1.58 bits per heavy atom. The predicted octanol–water partition coefficient (Wildman–Crippen LogP) is 5.57. The number of hydrogen-bond donors (Lipinski definition) is 4. The van der Waals surface area contributed by atoms with Gasteiger partial charge in [0.25, 0.3) is 0 Å². The predicted molar refractivity (Wildman–Crippen MR) is 267 cm³/mol. The summed E-state index contributed by atoms with van der Waals surface area (Å²) in [6.07, 6.45) is -0.569. The summed E-state index contributed by atoms with van der Waals surface area (Å²) in [4.78, 5) is 79.5. The topological polar surface area (TPSA) is 284 Å². The molecule has 4 N–H and O–H groups in total. The SMILES string of the molecule is COC(=O)NC1C(C)OC(OC2C/C=C(\C)C3C=CC4C(OC5CC(OC6CCC(O)C(C)O6)C(OC(C)=O)C(C)O5)C(C)CC(C)C4C3(C)/C(O)=C3\C(=O)OC4(CC(C=O)=CC(O)C4/C=C/2C)C3=O)CC1(C)[N+](=O)[O-]. The normalized spacial score (nSPS) is 47.0. The van der Waals surface area contributed by atoms with Gasteiger partial charge in [-0.3, -0.25) is 24.5 Å². The number of allylic oxidation sites excluding steroid dienone is 3. The van der Waals surface area contributed by atoms with Crippen LogP contribution in [0.2, 0.25) is 0 Å². The van der Waals surface area contributed by atoms with Gasteiger partial charge in [-0.2, -0.15) is 0 Å². The third kappa shape index (κ3) is 10.5. The smallest absolute Gasteiger partial charge is 0.407 e. The second-order valence-electron chi connectivity index (χ2n) is 23.0. The molecule has 420 valence electrons. The summed E-state index contributed by atoms with van der Waals surface area (Å²) in [6, 6.07) is -1.11. The van der Waals surface area contributed by atoms with Crippen molar-refractivity contribution < 1.29 is 86.8 Å². The minimum atomic E-state index is -2.17. The third-order valence-corrected chi connectivity index (χ3v) is 17.9. The van der Waals surface area contributed by atoms with Crippen molar-refractivity contribution in [1.29, 1.82) is 0 Å². The molecule has 4 saturated heterocycles. The Morgan fingerprint density at radius 3 is 2.24 bits per heavy atom. The van der Waals surface area contributed by atoms with E-state index in [2.05, 4.69) is 25.2 Å². The van der Waals surface area contributed by atoms with E-state index in [-0.39, 0.29) is 36.7 Å². The average Bonchev–Trinajstić information content (AvgIpc) is 3.75. The number of nitrogens with one attached hydrogen (secondary N) is 1. The number of carbonyl (C=O) groups excluding carboxylic acids is 5. The van der Waals surface area contributed by atoms with E-state index in [4.69, 9.17) is 42.6 Å². The van der Waals surface area contributed by atoms with E-state index >= 15 is 4.79 Å². The molecule has 22 atom stereocenters. The number of aliphatic hydroxyl groups is 3. The van der Waals surface area contributed by atoms with Crippen molar-refractivity contribution in [2.24, 2.45) is 40.9 Å². The van der Waals surface area contributed by atoms with E-state index in [1.54, 1.807) is 33.8 Å². The van der Waals surface area contributed by atoms with Crippen molar-refractivity contribution in [3.63, 3.8) is 0 Å². The number of methoxy groups -OCH3 is 1. The van der Waals surface area contributed by atoms with Crippen molar-refractivity contribution in [1.82, 2.24) is 5.32 Å². The van der Waals surface area contributed by atoms with Gasteiger partial charge in [0.15, 0.2) is 30.6 Å². The fourth-order valence-corrected chi connectivity index (χ4v) is 14.0. The van der Waals surface area contributed by atoms with Crippen LogP contribution in [0.25, 0.3) is 0 Å². The highest BCUT2D eigenvalue weighted by atomic mass is 16.7. The van der Waals surface area contributed by atoms with Crippen LogP contribution in [0.1, 0.15) is 114 Å². The van der Waals surface area contributed by atoms with Gasteiger partial charge in [0.2, 0.25) is 11.3 Å². The number of Topliss-reactive ketones (excluding diaryl/α,β-unsaturated/α-hetero) is 1. The Bertz CT molecular complexity index is 2450. The molecule has 4 aliphatic heterocycles. The molecule has 76 heavy (non-hydrogen) atoms. The van der Waals surface area contributed by atoms with Crippen molar-refractivity contribution in [3.05, 3.63) is 68.5 Å². The number of alkyl carbamates (subject to hydrolysis) is 1. The maximum Gasteiger partial charge on any atom is 0.407 e. The number of nitro groups is 1. The molecule has 8 aliphatic rings. The lowest BCUT2D eigenvalue weighted by Gasteiger charge is -2.56. The average molecular weight is 1070 g/mol. The number of nitrogens with zero attached hydrogens (tertiary/aromatic N) is 1. The van der Waals surface area contributed by atoms with E-state index in [1.807, 2.05) is 26.0 Å². The lowest BCUT2D eigenvalue weighted by atomic mass is 9.49. The maximum absolute atomic E-state index is 15.4. The molecule has 4 heterocycles. The van der Waals surface area contributed by atoms with Gasteiger partial charge in [-0.1, -0.05) is 50.6 Å². The first-order chi connectivity index (χ1) is 35.8. The van der Waals surface area contributed by atoms with Gasteiger partial charge in [-0.25, -0.2) is 9.59 Å². The number of rotatable bonds is 10. The quantitative estimate of drug-likeness (QED) is 0.0396. The summed E-state index contributed by atoms with van der Waals surface area (Å²) in [5.74, 6) is -6.19. The van der Waals surface area contributed by atoms with Gasteiger partial charge in [0, 0.05) is 55.3 Å². The van der Waals surface area contributed by atoms with E-state index < -0.39 is 167 Å². The van der Waals surface area contributed by atoms with Crippen molar-refractivity contribution >= 4 is 30.1 Å². The standard InChI is InChI=1S/C55H76N2O19/c1-25-12-16-39(73-43-23-53(9,57(66)67)48(31(7)71-43)56-52(65)68-11)26(2)19-36-38(61)20-33(24-58)22-55(36)50(63)44(51(64)76-55)49(62)54(10)35(25)14-13-34-45(54)27(3)18-28(4)46(34)75-42-21-40(47(30(6)70-42)72-32(8)59)74-41-17-15-37(60)29(5)69-41/h12-14,19-20,24,27-31,34-43,45-48,60-62H,15-18,21-23H2,1-11H3,(H,56,65)/b25-12+,26-19+,49-44+. The molecule has 1 saturated carbocycles. The first-order valence-electron chi connectivity index (χ1n) is 26.6. The van der Waals surface area contributed by atoms with E-state index in [0.29, 0.717) is 31.1 Å². The first kappa shape index (κ1) is 57.3. The summed E-state index contributed by atoms with van der Waals surface area (Å²) < 4.78 is 55.6. The number of ether oxygens (including phenoxy) is 9. The fourth-order valence-electron chi connectivity index (χ4n) is 14.0. The Balaban J connectivity index is 1.19. The monoisotopic (exact) mass is 1070 g/mol. The van der Waals surface area contributed by atoms with Gasteiger partial charge in [0.05, 0.1) is 62.2 Å². The van der Waals surface area contributed by atoms with Crippen molar-refractivity contribution in [3.8, 4) is 0 Å². The van der Waals surface area contributed by atoms with Crippen LogP contribution in [-0.4, -0.2) is 148 Å². The molecule has 21 nitrogen and oxygen atoms in total. The molecule has 1 amide bonds. The molecule has 4 aliphatic carbocycles. The molecule has 0 radical (unpaired) electrons. The minimum absolute atomic E-state index is 0.00965. The number of amides is 1. The maximum atomic E-state index is 15.4. The minimum Gasteiger partial charge on any atom is -0.511 e. The summed E-state index contributed by atoms with van der Waals surface area (Å²) in [5.41, 5.74) is -4.78. The van der Waals surface area contributed by atoms with E-state index in [0.717, 1.165) is 12.7 Å². The number of hydrogen-bond acceptors (Lipinski definition) is 19. The lowest BCUT2D eigenvalue weighted by molar-refractivity contribution is -0.584. The number of carbonyl (C=O) groups is 5.